The number of nitrogens with one attached hydrogen (secondary N) is 1. The van der Waals surface area contributed by atoms with Crippen LogP contribution >= 0.6 is 11.6 Å². The van der Waals surface area contributed by atoms with E-state index in [1.54, 1.807) is 18.2 Å². The van der Waals surface area contributed by atoms with Gasteiger partial charge >= 0.3 is 5.91 Å². The number of non-ortho nitro benzene ring substituents is 1. The Labute approximate surface area is 191 Å². The van der Waals surface area contributed by atoms with E-state index in [0.29, 0.717) is 27.7 Å². The maximum Gasteiger partial charge on any atom is 0.307 e. The monoisotopic (exact) mass is 459 g/mol. The number of halogens is 1. The third-order valence-corrected chi connectivity index (χ3v) is 5.39. The van der Waals surface area contributed by atoms with Crippen molar-refractivity contribution in [2.75, 3.05) is 0 Å². The van der Waals surface area contributed by atoms with Gasteiger partial charge in [0.15, 0.2) is 5.76 Å². The minimum atomic E-state index is -0.514. The Balaban J connectivity index is 1.33. The molecular formula is C24H14ClN3O5. The number of rotatable bonds is 5. The zero-order chi connectivity index (χ0) is 22.9. The highest BCUT2D eigenvalue weighted by Crippen LogP contribution is 2.32. The zero-order valence-electron chi connectivity index (χ0n) is 16.8. The van der Waals surface area contributed by atoms with Gasteiger partial charge in [-0.05, 0) is 41.1 Å². The van der Waals surface area contributed by atoms with Crippen molar-refractivity contribution < 1.29 is 18.6 Å². The van der Waals surface area contributed by atoms with Gasteiger partial charge < -0.3 is 8.83 Å². The summed E-state index contributed by atoms with van der Waals surface area (Å²) in [5.41, 5.74) is 3.28. The molecule has 0 aliphatic carbocycles. The van der Waals surface area contributed by atoms with Crippen molar-refractivity contribution in [3.8, 4) is 11.3 Å². The molecule has 0 aliphatic heterocycles. The second kappa shape index (κ2) is 8.25. The van der Waals surface area contributed by atoms with Crippen molar-refractivity contribution in [1.82, 2.24) is 5.43 Å². The summed E-state index contributed by atoms with van der Waals surface area (Å²) in [5.74, 6) is 0.270. The summed E-state index contributed by atoms with van der Waals surface area (Å²) < 4.78 is 11.3. The minimum absolute atomic E-state index is 0.105. The van der Waals surface area contributed by atoms with E-state index in [0.717, 1.165) is 16.2 Å². The second-order valence-electron chi connectivity index (χ2n) is 7.13. The first-order chi connectivity index (χ1) is 16.0. The van der Waals surface area contributed by atoms with Crippen LogP contribution in [-0.4, -0.2) is 17.0 Å². The van der Waals surface area contributed by atoms with Crippen LogP contribution in [0.1, 0.15) is 16.3 Å². The summed E-state index contributed by atoms with van der Waals surface area (Å²) in [5, 5.41) is 18.1. The van der Waals surface area contributed by atoms with Gasteiger partial charge in [-0.15, -0.1) is 0 Å². The molecule has 3 aromatic carbocycles. The van der Waals surface area contributed by atoms with Gasteiger partial charge in [-0.1, -0.05) is 41.9 Å². The number of hydrogen-bond acceptors (Lipinski definition) is 6. The molecule has 1 amide bonds. The van der Waals surface area contributed by atoms with Crippen molar-refractivity contribution >= 4 is 51.2 Å². The summed E-state index contributed by atoms with van der Waals surface area (Å²) in [4.78, 5) is 23.0. The van der Waals surface area contributed by atoms with Gasteiger partial charge in [-0.2, -0.15) is 5.10 Å². The summed E-state index contributed by atoms with van der Waals surface area (Å²) >= 11 is 6.14. The number of fused-ring (bicyclic) bond motifs is 3. The highest BCUT2D eigenvalue weighted by Gasteiger charge is 2.15. The molecule has 5 aromatic rings. The summed E-state index contributed by atoms with van der Waals surface area (Å²) in [6.45, 7) is 0. The predicted molar refractivity (Wildman–Crippen MR) is 125 cm³/mol. The second-order valence-corrected chi connectivity index (χ2v) is 7.54. The van der Waals surface area contributed by atoms with Gasteiger partial charge in [0.2, 0.25) is 0 Å². The smallest absolute Gasteiger partial charge is 0.307 e. The minimum Gasteiger partial charge on any atom is -0.455 e. The molecule has 2 aromatic heterocycles. The molecule has 0 saturated heterocycles. The Hall–Kier alpha value is -4.43. The van der Waals surface area contributed by atoms with E-state index in [2.05, 4.69) is 10.5 Å². The Bertz CT molecular complexity index is 1570. The SMILES string of the molecule is O=C(NN=Cc1ccc(-c2cc([N+](=O)[O-])ccc2Cl)o1)c1cc2c(ccc3ccccc32)o1. The fourth-order valence-electron chi connectivity index (χ4n) is 3.50. The largest absolute Gasteiger partial charge is 0.455 e. The molecule has 9 heteroatoms. The first kappa shape index (κ1) is 20.5. The topological polar surface area (TPSA) is 111 Å². The summed E-state index contributed by atoms with van der Waals surface area (Å²) in [6.07, 6.45) is 1.31. The normalized spacial score (nSPS) is 11.4. The van der Waals surface area contributed by atoms with E-state index in [-0.39, 0.29) is 11.4 Å². The third kappa shape index (κ3) is 3.95. The van der Waals surface area contributed by atoms with Crippen LogP contribution in [0.25, 0.3) is 33.1 Å². The molecule has 0 saturated carbocycles. The van der Waals surface area contributed by atoms with Crippen LogP contribution in [0.15, 0.2) is 86.7 Å². The average Bonchev–Trinajstić information content (AvgIpc) is 3.46. The van der Waals surface area contributed by atoms with Gasteiger partial charge in [0.25, 0.3) is 5.69 Å². The quantitative estimate of drug-likeness (QED) is 0.192. The standard InChI is InChI=1S/C24H14ClN3O5/c25-20-8-6-15(28(30)31)11-19(20)22-10-7-16(32-22)13-26-27-24(29)23-12-18-17-4-2-1-3-14(17)5-9-21(18)33-23/h1-13H,(H,27,29). The lowest BCUT2D eigenvalue weighted by molar-refractivity contribution is -0.384. The molecule has 0 radical (unpaired) electrons. The molecule has 8 nitrogen and oxygen atoms in total. The first-order valence-electron chi connectivity index (χ1n) is 9.78. The summed E-state index contributed by atoms with van der Waals surface area (Å²) in [7, 11) is 0. The molecule has 0 atom stereocenters. The molecule has 0 aliphatic rings. The molecule has 5 rings (SSSR count). The lowest BCUT2D eigenvalue weighted by Gasteiger charge is -2.00. The number of carbonyl (C=O) groups excluding carboxylic acids is 1. The number of nitrogens with zero attached hydrogens (tertiary/aromatic N) is 2. The molecular weight excluding hydrogens is 446 g/mol. The number of nitro groups is 1. The summed E-state index contributed by atoms with van der Waals surface area (Å²) in [6, 6.07) is 20.6. The predicted octanol–water partition coefficient (Wildman–Crippen LogP) is 6.17. The number of furan rings is 2. The van der Waals surface area contributed by atoms with Crippen LogP contribution in [0, 0.1) is 10.1 Å². The zero-order valence-corrected chi connectivity index (χ0v) is 17.6. The van der Waals surface area contributed by atoms with Crippen LogP contribution in [0.3, 0.4) is 0 Å². The van der Waals surface area contributed by atoms with Crippen molar-refractivity contribution in [3.63, 3.8) is 0 Å². The van der Waals surface area contributed by atoms with Crippen molar-refractivity contribution in [2.24, 2.45) is 5.10 Å². The molecule has 1 N–H and O–H groups in total. The Morgan fingerprint density at radius 3 is 2.70 bits per heavy atom. The van der Waals surface area contributed by atoms with Gasteiger partial charge in [-0.25, -0.2) is 5.43 Å². The number of nitro benzene ring substituents is 1. The first-order valence-corrected chi connectivity index (χ1v) is 10.2. The van der Waals surface area contributed by atoms with Crippen LogP contribution in [0.5, 0.6) is 0 Å². The van der Waals surface area contributed by atoms with E-state index in [1.807, 2.05) is 36.4 Å². The average molecular weight is 460 g/mol. The fourth-order valence-corrected chi connectivity index (χ4v) is 3.71. The highest BCUT2D eigenvalue weighted by molar-refractivity contribution is 6.33. The maximum atomic E-state index is 12.5. The molecule has 0 spiro atoms. The van der Waals surface area contributed by atoms with Crippen LogP contribution < -0.4 is 5.43 Å². The number of benzene rings is 3. The number of carbonyl (C=O) groups is 1. The van der Waals surface area contributed by atoms with Crippen molar-refractivity contribution in [1.29, 1.82) is 0 Å². The van der Waals surface area contributed by atoms with Crippen molar-refractivity contribution in [2.45, 2.75) is 0 Å². The lowest BCUT2D eigenvalue weighted by Crippen LogP contribution is -2.16. The Morgan fingerprint density at radius 2 is 1.85 bits per heavy atom. The highest BCUT2D eigenvalue weighted by atomic mass is 35.5. The third-order valence-electron chi connectivity index (χ3n) is 5.06. The molecule has 2 heterocycles. The van der Waals surface area contributed by atoms with E-state index in [4.69, 9.17) is 20.4 Å². The number of hydrazone groups is 1. The Morgan fingerprint density at radius 1 is 1.00 bits per heavy atom. The van der Waals surface area contributed by atoms with Gasteiger partial charge in [0, 0.05) is 23.1 Å². The van der Waals surface area contributed by atoms with Crippen molar-refractivity contribution in [3.05, 3.63) is 99.5 Å². The van der Waals surface area contributed by atoms with Gasteiger partial charge in [0.05, 0.1) is 16.2 Å². The van der Waals surface area contributed by atoms with E-state index in [9.17, 15) is 14.9 Å². The number of hydrogen-bond donors (Lipinski definition) is 1. The van der Waals surface area contributed by atoms with Gasteiger partial charge in [-0.3, -0.25) is 14.9 Å². The Kier molecular flexibility index (Phi) is 5.12. The lowest BCUT2D eigenvalue weighted by atomic mass is 10.1. The molecule has 0 fully saturated rings. The van der Waals surface area contributed by atoms with Crippen LogP contribution in [-0.2, 0) is 0 Å². The van der Waals surface area contributed by atoms with Gasteiger partial charge in [0.1, 0.15) is 17.1 Å². The molecule has 162 valence electrons. The molecule has 0 unspecified atom stereocenters. The van der Waals surface area contributed by atoms with E-state index < -0.39 is 10.8 Å². The molecule has 0 bridgehead atoms. The molecule has 33 heavy (non-hydrogen) atoms. The maximum absolute atomic E-state index is 12.5. The van der Waals surface area contributed by atoms with Crippen LogP contribution in [0.2, 0.25) is 5.02 Å². The number of amides is 1. The van der Waals surface area contributed by atoms with E-state index in [1.165, 1.54) is 24.4 Å². The fraction of sp³-hybridized carbons (Fsp3) is 0. The van der Waals surface area contributed by atoms with E-state index >= 15 is 0 Å². The van der Waals surface area contributed by atoms with Crippen LogP contribution in [0.4, 0.5) is 5.69 Å².